The number of rotatable bonds is 6. The summed E-state index contributed by atoms with van der Waals surface area (Å²) < 4.78 is 113. The average Bonchev–Trinajstić information content (AvgIpc) is 2.82. The van der Waals surface area contributed by atoms with Crippen molar-refractivity contribution >= 4 is 17.9 Å². The van der Waals surface area contributed by atoms with Gasteiger partial charge in [0.25, 0.3) is 0 Å². The molecule has 1 fully saturated rings. The first kappa shape index (κ1) is 33.2. The molecule has 0 spiro atoms. The molecule has 42 heavy (non-hydrogen) atoms. The van der Waals surface area contributed by atoms with E-state index in [2.05, 4.69) is 9.97 Å². The predicted octanol–water partition coefficient (Wildman–Crippen LogP) is 3.82. The molecule has 3 rings (SSSR count). The van der Waals surface area contributed by atoms with E-state index >= 15 is 0 Å². The SMILES string of the molecule is C[C@H]1CN(C[C@H](CC(=O)N2CCc3c(nc(C(F)(F)C(F)(F)F)nc3C(F)(F)F)C2)N(C(=O)O)C(C)(C)C)C(=O)CO1. The zero-order valence-electron chi connectivity index (χ0n) is 22.9. The maximum absolute atomic E-state index is 14.0. The van der Waals surface area contributed by atoms with Crippen molar-refractivity contribution in [2.45, 2.75) is 83.0 Å². The van der Waals surface area contributed by atoms with E-state index < -0.39 is 103 Å². The van der Waals surface area contributed by atoms with Gasteiger partial charge in [-0.2, -0.15) is 35.1 Å². The third kappa shape index (κ3) is 7.00. The van der Waals surface area contributed by atoms with E-state index in [0.717, 1.165) is 9.80 Å². The van der Waals surface area contributed by atoms with E-state index in [0.29, 0.717) is 0 Å². The van der Waals surface area contributed by atoms with E-state index in [1.54, 1.807) is 6.92 Å². The van der Waals surface area contributed by atoms with Gasteiger partial charge in [-0.05, 0) is 34.1 Å². The van der Waals surface area contributed by atoms with E-state index in [1.807, 2.05) is 0 Å². The van der Waals surface area contributed by atoms with Crippen LogP contribution in [-0.4, -0.2) is 97.8 Å². The minimum atomic E-state index is -6.29. The fraction of sp³-hybridized carbons (Fsp3) is 0.708. The van der Waals surface area contributed by atoms with Crippen molar-refractivity contribution in [2.24, 2.45) is 0 Å². The van der Waals surface area contributed by atoms with Crippen LogP contribution in [0, 0.1) is 0 Å². The summed E-state index contributed by atoms with van der Waals surface area (Å²) in [7, 11) is 0. The number of hydrogen-bond donors (Lipinski definition) is 1. The van der Waals surface area contributed by atoms with Crippen LogP contribution >= 0.6 is 0 Å². The van der Waals surface area contributed by atoms with Gasteiger partial charge in [0.2, 0.25) is 17.6 Å². The van der Waals surface area contributed by atoms with Crippen LogP contribution in [-0.2, 0) is 39.4 Å². The van der Waals surface area contributed by atoms with Crippen molar-refractivity contribution in [1.82, 2.24) is 24.7 Å². The summed E-state index contributed by atoms with van der Waals surface area (Å²) in [5.74, 6) is -9.52. The molecule has 0 radical (unpaired) electrons. The van der Waals surface area contributed by atoms with Crippen LogP contribution in [0.3, 0.4) is 0 Å². The molecule has 1 N–H and O–H groups in total. The fourth-order valence-electron chi connectivity index (χ4n) is 4.90. The number of aromatic nitrogens is 2. The Bertz CT molecular complexity index is 1220. The minimum absolute atomic E-state index is 0.0888. The number of halogens is 8. The number of nitrogens with zero attached hydrogens (tertiary/aromatic N) is 5. The molecule has 0 aromatic carbocycles. The molecule has 1 aromatic rings. The Hall–Kier alpha value is -3.31. The van der Waals surface area contributed by atoms with Gasteiger partial charge in [-0.15, -0.1) is 0 Å². The van der Waals surface area contributed by atoms with E-state index in [1.165, 1.54) is 25.7 Å². The summed E-state index contributed by atoms with van der Waals surface area (Å²) in [6.07, 6.45) is -14.7. The summed E-state index contributed by atoms with van der Waals surface area (Å²) in [6, 6.07) is -1.16. The van der Waals surface area contributed by atoms with Gasteiger partial charge in [-0.3, -0.25) is 14.5 Å². The summed E-state index contributed by atoms with van der Waals surface area (Å²) in [5.41, 5.74) is -4.60. The van der Waals surface area contributed by atoms with Crippen LogP contribution in [0.5, 0.6) is 0 Å². The van der Waals surface area contributed by atoms with Crippen molar-refractivity contribution in [1.29, 1.82) is 0 Å². The second kappa shape index (κ2) is 11.4. The van der Waals surface area contributed by atoms with Crippen molar-refractivity contribution < 1.29 is 59.4 Å². The molecule has 3 amide bonds. The van der Waals surface area contributed by atoms with E-state index in [-0.39, 0.29) is 19.7 Å². The Morgan fingerprint density at radius 3 is 2.24 bits per heavy atom. The minimum Gasteiger partial charge on any atom is -0.465 e. The van der Waals surface area contributed by atoms with Gasteiger partial charge in [0.05, 0.1) is 24.4 Å². The largest absolute Gasteiger partial charge is 0.465 e. The van der Waals surface area contributed by atoms with E-state index in [9.17, 15) is 54.6 Å². The highest BCUT2D eigenvalue weighted by Gasteiger charge is 2.62. The zero-order chi connectivity index (χ0) is 32.0. The summed E-state index contributed by atoms with van der Waals surface area (Å²) in [4.78, 5) is 46.8. The van der Waals surface area contributed by atoms with Gasteiger partial charge < -0.3 is 19.6 Å². The Balaban J connectivity index is 1.96. The fourth-order valence-corrected chi connectivity index (χ4v) is 4.90. The Morgan fingerprint density at radius 1 is 1.10 bits per heavy atom. The van der Waals surface area contributed by atoms with Crippen LogP contribution in [0.2, 0.25) is 0 Å². The zero-order valence-corrected chi connectivity index (χ0v) is 22.9. The first-order valence-electron chi connectivity index (χ1n) is 12.7. The Labute approximate surface area is 234 Å². The number of carbonyl (C=O) groups is 3. The van der Waals surface area contributed by atoms with Crippen molar-refractivity contribution in [3.8, 4) is 0 Å². The van der Waals surface area contributed by atoms with Crippen molar-refractivity contribution in [2.75, 3.05) is 26.2 Å². The highest BCUT2D eigenvalue weighted by molar-refractivity contribution is 5.80. The van der Waals surface area contributed by atoms with Gasteiger partial charge in [-0.25, -0.2) is 14.8 Å². The highest BCUT2D eigenvalue weighted by Crippen LogP contribution is 2.44. The molecule has 0 saturated carbocycles. The first-order chi connectivity index (χ1) is 19.0. The molecule has 0 unspecified atom stereocenters. The third-order valence-electron chi connectivity index (χ3n) is 6.78. The molecule has 236 valence electrons. The Morgan fingerprint density at radius 2 is 1.71 bits per heavy atom. The maximum atomic E-state index is 14.0. The van der Waals surface area contributed by atoms with Crippen molar-refractivity contribution in [3.63, 3.8) is 0 Å². The number of amides is 3. The molecule has 0 bridgehead atoms. The second-order valence-electron chi connectivity index (χ2n) is 11.1. The molecule has 1 aromatic heterocycles. The lowest BCUT2D eigenvalue weighted by Gasteiger charge is -2.43. The smallest absolute Gasteiger partial charge is 0.461 e. The number of morpholine rings is 1. The molecule has 1 saturated heterocycles. The van der Waals surface area contributed by atoms with Gasteiger partial charge in [0.1, 0.15) is 6.61 Å². The molecule has 0 aliphatic carbocycles. The topological polar surface area (TPSA) is 116 Å². The number of hydrogen-bond acceptors (Lipinski definition) is 6. The molecule has 2 atom stereocenters. The van der Waals surface area contributed by atoms with Gasteiger partial charge in [0, 0.05) is 37.2 Å². The average molecular weight is 620 g/mol. The van der Waals surface area contributed by atoms with Gasteiger partial charge in [0.15, 0.2) is 5.69 Å². The number of carboxylic acid groups (broad SMARTS) is 1. The number of ether oxygens (including phenoxy) is 1. The highest BCUT2D eigenvalue weighted by atomic mass is 19.4. The number of fused-ring (bicyclic) bond motifs is 1. The lowest BCUT2D eigenvalue weighted by atomic mass is 9.98. The molecule has 2 aliphatic heterocycles. The molecular formula is C24H29F8N5O5. The number of carbonyl (C=O) groups excluding carboxylic acids is 2. The lowest BCUT2D eigenvalue weighted by molar-refractivity contribution is -0.293. The predicted molar refractivity (Wildman–Crippen MR) is 126 cm³/mol. The van der Waals surface area contributed by atoms with Crippen molar-refractivity contribution in [3.05, 3.63) is 22.8 Å². The number of alkyl halides is 8. The first-order valence-corrected chi connectivity index (χ1v) is 12.7. The molecule has 18 heteroatoms. The third-order valence-corrected chi connectivity index (χ3v) is 6.78. The summed E-state index contributed by atoms with van der Waals surface area (Å²) >= 11 is 0. The second-order valence-corrected chi connectivity index (χ2v) is 11.1. The molecular weight excluding hydrogens is 590 g/mol. The van der Waals surface area contributed by atoms with E-state index in [4.69, 9.17) is 4.74 Å². The standard InChI is InChI=1S/C24H29F8N5O5/c1-12-8-36(17(39)11-42-12)9-13(37(20(40)41)21(2,3)4)7-16(38)35-6-5-14-15(10-35)33-19(22(25,26)24(30,31)32)34-18(14)23(27,28)29/h12-13H,5-11H2,1-4H3,(H,40,41)/t12-,13-/m0/s1. The summed E-state index contributed by atoms with van der Waals surface area (Å²) in [5, 5.41) is 9.95. The van der Waals surface area contributed by atoms with Crippen LogP contribution in [0.25, 0.3) is 0 Å². The molecule has 2 aliphatic rings. The van der Waals surface area contributed by atoms with Crippen LogP contribution in [0.15, 0.2) is 0 Å². The van der Waals surface area contributed by atoms with Gasteiger partial charge >= 0.3 is 24.4 Å². The van der Waals surface area contributed by atoms with Gasteiger partial charge in [-0.1, -0.05) is 0 Å². The maximum Gasteiger partial charge on any atom is 0.461 e. The quantitative estimate of drug-likeness (QED) is 0.482. The molecule has 3 heterocycles. The monoisotopic (exact) mass is 619 g/mol. The Kier molecular flexibility index (Phi) is 9.02. The molecule has 10 nitrogen and oxygen atoms in total. The summed E-state index contributed by atoms with van der Waals surface area (Å²) in [6.45, 7) is 4.60. The van der Waals surface area contributed by atoms with Crippen LogP contribution in [0.1, 0.15) is 56.9 Å². The van der Waals surface area contributed by atoms with Crippen LogP contribution < -0.4 is 0 Å². The van der Waals surface area contributed by atoms with Crippen LogP contribution in [0.4, 0.5) is 39.9 Å². The lowest BCUT2D eigenvalue weighted by Crippen LogP contribution is -2.58. The normalized spacial score (nSPS) is 19.4.